The summed E-state index contributed by atoms with van der Waals surface area (Å²) in [5.74, 6) is 5.69. The van der Waals surface area contributed by atoms with Crippen molar-refractivity contribution in [3.05, 3.63) is 41.4 Å². The van der Waals surface area contributed by atoms with Crippen LogP contribution in [-0.2, 0) is 0 Å². The van der Waals surface area contributed by atoms with Gasteiger partial charge in [0.05, 0.1) is 0 Å². The van der Waals surface area contributed by atoms with E-state index in [1.165, 1.54) is 0 Å². The second kappa shape index (κ2) is 6.85. The molecule has 0 aliphatic carbocycles. The minimum absolute atomic E-state index is 0. The van der Waals surface area contributed by atoms with Crippen molar-refractivity contribution in [3.8, 4) is 0 Å². The van der Waals surface area contributed by atoms with E-state index in [1.54, 1.807) is 5.01 Å². The van der Waals surface area contributed by atoms with Crippen LogP contribution in [0.15, 0.2) is 30.8 Å². The summed E-state index contributed by atoms with van der Waals surface area (Å²) in [6, 6.07) is 7.62. The molecule has 0 saturated carbocycles. The fraction of sp³-hybridized carbons (Fsp3) is 0.273. The summed E-state index contributed by atoms with van der Waals surface area (Å²) in [6.45, 7) is 7.48. The van der Waals surface area contributed by atoms with Crippen LogP contribution in [0.2, 0.25) is 5.02 Å². The minimum atomic E-state index is 0. The quantitative estimate of drug-likeness (QED) is 0.654. The first-order chi connectivity index (χ1) is 6.63. The lowest BCUT2D eigenvalue weighted by Gasteiger charge is -2.15. The average molecular weight is 247 g/mol. The summed E-state index contributed by atoms with van der Waals surface area (Å²) in [4.78, 5) is 0. The van der Waals surface area contributed by atoms with Crippen molar-refractivity contribution in [3.63, 3.8) is 0 Å². The molecule has 1 aromatic carbocycles. The van der Waals surface area contributed by atoms with E-state index in [-0.39, 0.29) is 12.4 Å². The van der Waals surface area contributed by atoms with Crippen molar-refractivity contribution in [2.75, 3.05) is 13.1 Å². The van der Waals surface area contributed by atoms with Gasteiger partial charge in [-0.15, -0.1) is 12.4 Å². The standard InChI is InChI=1S/C11H15ClN2.ClH/c1-3-14(13)8-9(2)10-4-6-11(12)7-5-10;/h4-7H,2-3,8,13H2,1H3;1H. The molecule has 0 fully saturated rings. The molecule has 0 amide bonds. The molecule has 15 heavy (non-hydrogen) atoms. The van der Waals surface area contributed by atoms with Gasteiger partial charge in [-0.3, -0.25) is 5.84 Å². The molecular formula is C11H16Cl2N2. The first-order valence-corrected chi connectivity index (χ1v) is 4.94. The van der Waals surface area contributed by atoms with Crippen molar-refractivity contribution in [1.29, 1.82) is 0 Å². The molecular weight excluding hydrogens is 231 g/mol. The van der Waals surface area contributed by atoms with Crippen LogP contribution in [0.3, 0.4) is 0 Å². The largest absolute Gasteiger partial charge is 0.268 e. The molecule has 1 aromatic rings. The van der Waals surface area contributed by atoms with Crippen LogP contribution in [0.4, 0.5) is 0 Å². The number of hydrazine groups is 1. The van der Waals surface area contributed by atoms with Gasteiger partial charge in [-0.25, -0.2) is 5.01 Å². The smallest absolute Gasteiger partial charge is 0.0406 e. The first-order valence-electron chi connectivity index (χ1n) is 4.57. The number of likely N-dealkylation sites (N-methyl/N-ethyl adjacent to an activating group) is 1. The molecule has 0 bridgehead atoms. The third-order valence-corrected chi connectivity index (χ3v) is 2.30. The Morgan fingerprint density at radius 1 is 1.40 bits per heavy atom. The van der Waals surface area contributed by atoms with Crippen molar-refractivity contribution in [2.24, 2.45) is 5.84 Å². The molecule has 2 N–H and O–H groups in total. The molecule has 0 saturated heterocycles. The molecule has 1 rings (SSSR count). The zero-order valence-electron chi connectivity index (χ0n) is 8.74. The SMILES string of the molecule is C=C(CN(N)CC)c1ccc(Cl)cc1.Cl. The molecule has 0 atom stereocenters. The third kappa shape index (κ3) is 4.67. The van der Waals surface area contributed by atoms with E-state index in [4.69, 9.17) is 17.4 Å². The number of hydrogen-bond acceptors (Lipinski definition) is 2. The Bertz CT molecular complexity index is 309. The second-order valence-electron chi connectivity index (χ2n) is 3.17. The number of hydrogen-bond donors (Lipinski definition) is 1. The summed E-state index contributed by atoms with van der Waals surface area (Å²) in [7, 11) is 0. The van der Waals surface area contributed by atoms with Gasteiger partial charge < -0.3 is 0 Å². The molecule has 2 nitrogen and oxygen atoms in total. The lowest BCUT2D eigenvalue weighted by molar-refractivity contribution is 0.338. The summed E-state index contributed by atoms with van der Waals surface area (Å²) in [5.41, 5.74) is 2.09. The molecule has 0 aromatic heterocycles. The third-order valence-electron chi connectivity index (χ3n) is 2.05. The molecule has 0 unspecified atom stereocenters. The number of nitrogens with zero attached hydrogens (tertiary/aromatic N) is 1. The highest BCUT2D eigenvalue weighted by Gasteiger charge is 2.01. The molecule has 0 aliphatic heterocycles. The maximum atomic E-state index is 5.78. The Morgan fingerprint density at radius 2 is 1.93 bits per heavy atom. The van der Waals surface area contributed by atoms with E-state index < -0.39 is 0 Å². The Hall–Kier alpha value is -0.540. The van der Waals surface area contributed by atoms with E-state index in [9.17, 15) is 0 Å². The number of rotatable bonds is 4. The Kier molecular flexibility index (Phi) is 6.61. The summed E-state index contributed by atoms with van der Waals surface area (Å²) in [6.07, 6.45) is 0. The molecule has 0 aliphatic rings. The molecule has 0 radical (unpaired) electrons. The van der Waals surface area contributed by atoms with E-state index in [2.05, 4.69) is 6.58 Å². The van der Waals surface area contributed by atoms with Crippen molar-refractivity contribution in [2.45, 2.75) is 6.92 Å². The fourth-order valence-corrected chi connectivity index (χ4v) is 1.26. The zero-order chi connectivity index (χ0) is 10.6. The Balaban J connectivity index is 0.00000196. The van der Waals surface area contributed by atoms with Gasteiger partial charge in [0.1, 0.15) is 0 Å². The Labute approximate surface area is 102 Å². The van der Waals surface area contributed by atoms with E-state index in [0.717, 1.165) is 22.7 Å². The maximum Gasteiger partial charge on any atom is 0.0406 e. The second-order valence-corrected chi connectivity index (χ2v) is 3.61. The molecule has 0 spiro atoms. The highest BCUT2D eigenvalue weighted by molar-refractivity contribution is 6.30. The molecule has 84 valence electrons. The van der Waals surface area contributed by atoms with Gasteiger partial charge in [-0.1, -0.05) is 37.2 Å². The Morgan fingerprint density at radius 3 is 2.40 bits per heavy atom. The van der Waals surface area contributed by atoms with Crippen LogP contribution in [-0.4, -0.2) is 18.1 Å². The first kappa shape index (κ1) is 14.5. The number of halogens is 2. The van der Waals surface area contributed by atoms with Gasteiger partial charge in [-0.05, 0) is 23.3 Å². The lowest BCUT2D eigenvalue weighted by atomic mass is 10.1. The van der Waals surface area contributed by atoms with Crippen molar-refractivity contribution < 1.29 is 0 Å². The van der Waals surface area contributed by atoms with Gasteiger partial charge >= 0.3 is 0 Å². The predicted octanol–water partition coefficient (Wildman–Crippen LogP) is 2.97. The lowest BCUT2D eigenvalue weighted by Crippen LogP contribution is -2.31. The molecule has 0 heterocycles. The van der Waals surface area contributed by atoms with Crippen LogP contribution in [0.25, 0.3) is 5.57 Å². The van der Waals surface area contributed by atoms with Gasteiger partial charge in [0.25, 0.3) is 0 Å². The van der Waals surface area contributed by atoms with Crippen LogP contribution >= 0.6 is 24.0 Å². The highest BCUT2D eigenvalue weighted by atomic mass is 35.5. The predicted molar refractivity (Wildman–Crippen MR) is 69.2 cm³/mol. The van der Waals surface area contributed by atoms with E-state index in [1.807, 2.05) is 31.2 Å². The van der Waals surface area contributed by atoms with Gasteiger partial charge in [-0.2, -0.15) is 0 Å². The average Bonchev–Trinajstić information content (AvgIpc) is 2.18. The zero-order valence-corrected chi connectivity index (χ0v) is 10.3. The summed E-state index contributed by atoms with van der Waals surface area (Å²) >= 11 is 5.78. The van der Waals surface area contributed by atoms with Gasteiger partial charge in [0.15, 0.2) is 0 Å². The van der Waals surface area contributed by atoms with Crippen LogP contribution in [0.5, 0.6) is 0 Å². The number of benzene rings is 1. The van der Waals surface area contributed by atoms with Crippen LogP contribution in [0, 0.1) is 0 Å². The van der Waals surface area contributed by atoms with Gasteiger partial charge in [0.2, 0.25) is 0 Å². The monoisotopic (exact) mass is 246 g/mol. The normalized spacial score (nSPS) is 9.87. The highest BCUT2D eigenvalue weighted by Crippen LogP contribution is 2.16. The van der Waals surface area contributed by atoms with E-state index >= 15 is 0 Å². The summed E-state index contributed by atoms with van der Waals surface area (Å²) < 4.78 is 0. The summed E-state index contributed by atoms with van der Waals surface area (Å²) in [5, 5.41) is 2.46. The van der Waals surface area contributed by atoms with E-state index in [0.29, 0.717) is 6.54 Å². The maximum absolute atomic E-state index is 5.78. The fourth-order valence-electron chi connectivity index (χ4n) is 1.13. The topological polar surface area (TPSA) is 29.3 Å². The van der Waals surface area contributed by atoms with Crippen LogP contribution < -0.4 is 5.84 Å². The van der Waals surface area contributed by atoms with Crippen molar-refractivity contribution in [1.82, 2.24) is 5.01 Å². The number of nitrogens with two attached hydrogens (primary N) is 1. The van der Waals surface area contributed by atoms with Crippen molar-refractivity contribution >= 4 is 29.6 Å². The van der Waals surface area contributed by atoms with Crippen LogP contribution in [0.1, 0.15) is 12.5 Å². The molecule has 4 heteroatoms. The minimum Gasteiger partial charge on any atom is -0.268 e. The van der Waals surface area contributed by atoms with Gasteiger partial charge in [0, 0.05) is 18.1 Å².